The summed E-state index contributed by atoms with van der Waals surface area (Å²) in [7, 11) is 0. The van der Waals surface area contributed by atoms with E-state index in [1.807, 2.05) is 13.0 Å². The van der Waals surface area contributed by atoms with E-state index in [1.54, 1.807) is 48.9 Å². The summed E-state index contributed by atoms with van der Waals surface area (Å²) in [5.41, 5.74) is 3.22. The van der Waals surface area contributed by atoms with Crippen molar-refractivity contribution in [2.45, 2.75) is 19.8 Å². The molecular formula is C25H20ClFN4O2. The predicted molar refractivity (Wildman–Crippen MR) is 124 cm³/mol. The number of Topliss-reactive ketones (excluding diaryl/α,β-unsaturated/α-hetero) is 1. The zero-order valence-electron chi connectivity index (χ0n) is 17.8. The molecule has 4 rings (SSSR count). The monoisotopic (exact) mass is 462 g/mol. The Bertz CT molecular complexity index is 1320. The molecule has 6 nitrogen and oxygen atoms in total. The quantitative estimate of drug-likeness (QED) is 0.393. The number of pyridine rings is 1. The minimum atomic E-state index is -0.602. The number of halogens is 2. The standard InChI is InChI=1S/C25H20ClFN4O2/c1-16-6-7-17(13-28-16)10-24(32)20-12-19(8-9-22(20)27)31-15-18(14-29-31)11-25(33)30-23-5-3-2-4-21(23)26/h2-9,12-15H,10-11H2,1H3,(H,30,33). The van der Waals surface area contributed by atoms with Crippen LogP contribution in [-0.4, -0.2) is 26.5 Å². The van der Waals surface area contributed by atoms with Gasteiger partial charge < -0.3 is 5.32 Å². The maximum atomic E-state index is 14.4. The van der Waals surface area contributed by atoms with E-state index in [2.05, 4.69) is 15.4 Å². The zero-order chi connectivity index (χ0) is 23.4. The Labute approximate surface area is 195 Å². The Morgan fingerprint density at radius 3 is 2.61 bits per heavy atom. The number of aryl methyl sites for hydroxylation is 1. The largest absolute Gasteiger partial charge is 0.324 e. The van der Waals surface area contributed by atoms with Crippen LogP contribution in [0.5, 0.6) is 0 Å². The molecule has 0 aliphatic carbocycles. The van der Waals surface area contributed by atoms with Crippen LogP contribution in [0.4, 0.5) is 10.1 Å². The number of carbonyl (C=O) groups is 2. The first-order valence-corrected chi connectivity index (χ1v) is 10.6. The number of hydrogen-bond donors (Lipinski definition) is 1. The van der Waals surface area contributed by atoms with Crippen LogP contribution in [0.3, 0.4) is 0 Å². The van der Waals surface area contributed by atoms with Gasteiger partial charge >= 0.3 is 0 Å². The summed E-state index contributed by atoms with van der Waals surface area (Å²) in [5.74, 6) is -1.20. The fourth-order valence-electron chi connectivity index (χ4n) is 3.29. The topological polar surface area (TPSA) is 76.9 Å². The average molecular weight is 463 g/mol. The number of carbonyl (C=O) groups excluding carboxylic acids is 2. The first-order chi connectivity index (χ1) is 15.9. The average Bonchev–Trinajstić information content (AvgIpc) is 3.25. The molecule has 0 radical (unpaired) electrons. The maximum Gasteiger partial charge on any atom is 0.228 e. The molecule has 0 bridgehead atoms. The van der Waals surface area contributed by atoms with Gasteiger partial charge in [0.05, 0.1) is 34.6 Å². The molecule has 33 heavy (non-hydrogen) atoms. The summed E-state index contributed by atoms with van der Waals surface area (Å²) in [5, 5.41) is 7.46. The Balaban J connectivity index is 1.47. The molecule has 166 valence electrons. The summed E-state index contributed by atoms with van der Waals surface area (Å²) in [6, 6.07) is 14.8. The second-order valence-electron chi connectivity index (χ2n) is 7.57. The summed E-state index contributed by atoms with van der Waals surface area (Å²) in [6.07, 6.45) is 4.95. The lowest BCUT2D eigenvalue weighted by Crippen LogP contribution is -2.14. The van der Waals surface area contributed by atoms with E-state index in [4.69, 9.17) is 11.6 Å². The van der Waals surface area contributed by atoms with Gasteiger partial charge in [-0.1, -0.05) is 29.8 Å². The van der Waals surface area contributed by atoms with E-state index in [0.717, 1.165) is 5.69 Å². The van der Waals surface area contributed by atoms with E-state index in [0.29, 0.717) is 27.5 Å². The highest BCUT2D eigenvalue weighted by Gasteiger charge is 2.15. The molecule has 0 saturated carbocycles. The Kier molecular flexibility index (Phi) is 6.60. The smallest absolute Gasteiger partial charge is 0.228 e. The van der Waals surface area contributed by atoms with E-state index >= 15 is 0 Å². The van der Waals surface area contributed by atoms with Crippen LogP contribution in [0.2, 0.25) is 5.02 Å². The van der Waals surface area contributed by atoms with E-state index < -0.39 is 5.82 Å². The molecule has 1 N–H and O–H groups in total. The number of hydrogen-bond acceptors (Lipinski definition) is 4. The third-order valence-electron chi connectivity index (χ3n) is 5.00. The van der Waals surface area contributed by atoms with Gasteiger partial charge in [0.15, 0.2) is 5.78 Å². The van der Waals surface area contributed by atoms with Crippen LogP contribution in [0.15, 0.2) is 73.2 Å². The number of amides is 1. The van der Waals surface area contributed by atoms with E-state index in [1.165, 1.54) is 22.9 Å². The first kappa shape index (κ1) is 22.4. The number of anilines is 1. The molecule has 2 heterocycles. The van der Waals surface area contributed by atoms with Gasteiger partial charge in [0.2, 0.25) is 5.91 Å². The molecule has 2 aromatic heterocycles. The van der Waals surface area contributed by atoms with Crippen LogP contribution in [-0.2, 0) is 17.6 Å². The summed E-state index contributed by atoms with van der Waals surface area (Å²) < 4.78 is 15.9. The second-order valence-corrected chi connectivity index (χ2v) is 7.98. The zero-order valence-corrected chi connectivity index (χ0v) is 18.5. The van der Waals surface area contributed by atoms with Crippen LogP contribution in [0.25, 0.3) is 5.69 Å². The number of benzene rings is 2. The number of nitrogens with zero attached hydrogens (tertiary/aromatic N) is 3. The normalized spacial score (nSPS) is 10.8. The lowest BCUT2D eigenvalue weighted by Gasteiger charge is -2.07. The fourth-order valence-corrected chi connectivity index (χ4v) is 3.47. The lowest BCUT2D eigenvalue weighted by atomic mass is 10.0. The number of aromatic nitrogens is 3. The molecule has 0 saturated heterocycles. The van der Waals surface area contributed by atoms with Crippen molar-refractivity contribution in [2.24, 2.45) is 0 Å². The van der Waals surface area contributed by atoms with E-state index in [-0.39, 0.29) is 30.1 Å². The molecule has 2 aromatic carbocycles. The van der Waals surface area contributed by atoms with Gasteiger partial charge in [-0.15, -0.1) is 0 Å². The van der Waals surface area contributed by atoms with Crippen molar-refractivity contribution in [1.82, 2.24) is 14.8 Å². The van der Waals surface area contributed by atoms with Gasteiger partial charge in [-0.2, -0.15) is 5.10 Å². The van der Waals surface area contributed by atoms with Gasteiger partial charge in [0, 0.05) is 24.5 Å². The summed E-state index contributed by atoms with van der Waals surface area (Å²) in [4.78, 5) is 29.2. The van der Waals surface area contributed by atoms with Crippen molar-refractivity contribution in [3.05, 3.63) is 106 Å². The van der Waals surface area contributed by atoms with Crippen LogP contribution < -0.4 is 5.32 Å². The minimum absolute atomic E-state index is 0.0263. The molecule has 0 unspecified atom stereocenters. The molecule has 8 heteroatoms. The molecule has 0 spiro atoms. The third-order valence-corrected chi connectivity index (χ3v) is 5.33. The second kappa shape index (κ2) is 9.75. The van der Waals surface area contributed by atoms with Gasteiger partial charge in [0.1, 0.15) is 5.82 Å². The lowest BCUT2D eigenvalue weighted by molar-refractivity contribution is -0.115. The predicted octanol–water partition coefficient (Wildman–Crippen LogP) is 4.97. The molecular weight excluding hydrogens is 443 g/mol. The molecule has 0 fully saturated rings. The third kappa shape index (κ3) is 5.51. The number of rotatable bonds is 7. The van der Waals surface area contributed by atoms with Crippen molar-refractivity contribution >= 4 is 29.0 Å². The molecule has 0 aliphatic heterocycles. The molecule has 4 aromatic rings. The fraction of sp³-hybridized carbons (Fsp3) is 0.120. The van der Waals surface area contributed by atoms with Crippen molar-refractivity contribution in [2.75, 3.05) is 5.32 Å². The van der Waals surface area contributed by atoms with Crippen LogP contribution in [0.1, 0.15) is 27.2 Å². The summed E-state index contributed by atoms with van der Waals surface area (Å²) >= 11 is 6.07. The van der Waals surface area contributed by atoms with Crippen molar-refractivity contribution < 1.29 is 14.0 Å². The van der Waals surface area contributed by atoms with Gasteiger partial charge in [-0.3, -0.25) is 14.6 Å². The highest BCUT2D eigenvalue weighted by atomic mass is 35.5. The molecule has 1 amide bonds. The highest BCUT2D eigenvalue weighted by molar-refractivity contribution is 6.33. The number of para-hydroxylation sites is 1. The highest BCUT2D eigenvalue weighted by Crippen LogP contribution is 2.21. The van der Waals surface area contributed by atoms with Gasteiger partial charge in [0.25, 0.3) is 0 Å². The number of ketones is 1. The molecule has 0 aliphatic rings. The minimum Gasteiger partial charge on any atom is -0.324 e. The molecule has 0 atom stereocenters. The SMILES string of the molecule is Cc1ccc(CC(=O)c2cc(-n3cc(CC(=O)Nc4ccccc4Cl)cn3)ccc2F)cn1. The maximum absolute atomic E-state index is 14.4. The van der Waals surface area contributed by atoms with Gasteiger partial charge in [-0.25, -0.2) is 9.07 Å². The first-order valence-electron chi connectivity index (χ1n) is 10.2. The van der Waals surface area contributed by atoms with Crippen molar-refractivity contribution in [3.8, 4) is 5.69 Å². The Morgan fingerprint density at radius 1 is 1.03 bits per heavy atom. The Morgan fingerprint density at radius 2 is 1.85 bits per heavy atom. The van der Waals surface area contributed by atoms with Crippen LogP contribution in [0, 0.1) is 12.7 Å². The van der Waals surface area contributed by atoms with E-state index in [9.17, 15) is 14.0 Å². The number of nitrogens with one attached hydrogen (secondary N) is 1. The van der Waals surface area contributed by atoms with Crippen molar-refractivity contribution in [1.29, 1.82) is 0 Å². The van der Waals surface area contributed by atoms with Gasteiger partial charge in [-0.05, 0) is 54.4 Å². The van der Waals surface area contributed by atoms with Crippen molar-refractivity contribution in [3.63, 3.8) is 0 Å². The Hall–Kier alpha value is -3.84. The summed E-state index contributed by atoms with van der Waals surface area (Å²) in [6.45, 7) is 1.85. The van der Waals surface area contributed by atoms with Crippen LogP contribution >= 0.6 is 11.6 Å².